The highest BCUT2D eigenvalue weighted by molar-refractivity contribution is 5.95. The van der Waals surface area contributed by atoms with Crippen LogP contribution in [0.25, 0.3) is 11.1 Å². The zero-order valence-corrected chi connectivity index (χ0v) is 17.4. The molecule has 1 amide bonds. The van der Waals surface area contributed by atoms with E-state index in [4.69, 9.17) is 15.9 Å². The molecule has 6 nitrogen and oxygen atoms in total. The number of carbonyl (C=O) groups is 1. The summed E-state index contributed by atoms with van der Waals surface area (Å²) in [4.78, 5) is 12.5. The summed E-state index contributed by atoms with van der Waals surface area (Å²) in [7, 11) is 3.20. The van der Waals surface area contributed by atoms with Crippen LogP contribution in [-0.2, 0) is 24.4 Å². The van der Waals surface area contributed by atoms with Crippen LogP contribution in [0.2, 0.25) is 0 Å². The number of hydrogen-bond donors (Lipinski definition) is 1. The summed E-state index contributed by atoms with van der Waals surface area (Å²) in [5.74, 6) is 3.22. The van der Waals surface area contributed by atoms with E-state index in [0.717, 1.165) is 12.1 Å². The molecular formula is C23H20F3N3O3. The quantitative estimate of drug-likeness (QED) is 0.553. The number of methoxy groups -OCH3 is 1. The van der Waals surface area contributed by atoms with Gasteiger partial charge < -0.3 is 14.8 Å². The van der Waals surface area contributed by atoms with Gasteiger partial charge in [-0.25, -0.2) is 0 Å². The van der Waals surface area contributed by atoms with E-state index in [9.17, 15) is 18.0 Å². The lowest BCUT2D eigenvalue weighted by Crippen LogP contribution is -2.15. The summed E-state index contributed by atoms with van der Waals surface area (Å²) < 4.78 is 50.4. The number of rotatable bonds is 7. The van der Waals surface area contributed by atoms with Crippen molar-refractivity contribution in [2.75, 3.05) is 19.0 Å². The van der Waals surface area contributed by atoms with Gasteiger partial charge >= 0.3 is 6.18 Å². The fourth-order valence-corrected chi connectivity index (χ4v) is 3.04. The molecule has 0 radical (unpaired) electrons. The van der Waals surface area contributed by atoms with E-state index in [1.807, 2.05) is 0 Å². The number of aromatic nitrogens is 2. The van der Waals surface area contributed by atoms with Crippen LogP contribution in [0.15, 0.2) is 48.7 Å². The first-order valence-corrected chi connectivity index (χ1v) is 9.45. The largest absolute Gasteiger partial charge is 0.493 e. The minimum atomic E-state index is -4.42. The van der Waals surface area contributed by atoms with Crippen molar-refractivity contribution < 1.29 is 27.4 Å². The van der Waals surface area contributed by atoms with Gasteiger partial charge in [-0.2, -0.15) is 18.3 Å². The Hall–Kier alpha value is -3.93. The Kier molecular flexibility index (Phi) is 6.73. The maximum atomic E-state index is 12.7. The summed E-state index contributed by atoms with van der Waals surface area (Å²) in [5.41, 5.74) is 1.03. The van der Waals surface area contributed by atoms with Crippen LogP contribution in [0.4, 0.5) is 19.0 Å². The average molecular weight is 443 g/mol. The molecule has 0 saturated heterocycles. The molecule has 0 atom stereocenters. The molecule has 1 heterocycles. The third kappa shape index (κ3) is 5.40. The minimum Gasteiger partial charge on any atom is -0.493 e. The standard InChI is InChI=1S/C23H20F3N3O3/c1-4-11-32-19-10-7-16(13-20(19)31-3)18-14-29(2)28-22(18)27-21(30)12-15-5-8-17(9-6-15)23(24,25)26/h1,5-10,13-14H,11-12H2,2-3H3,(H,27,28,30). The van der Waals surface area contributed by atoms with Gasteiger partial charge in [0.15, 0.2) is 17.3 Å². The Morgan fingerprint density at radius 1 is 1.19 bits per heavy atom. The molecule has 0 unspecified atom stereocenters. The lowest BCUT2D eigenvalue weighted by atomic mass is 10.1. The summed E-state index contributed by atoms with van der Waals surface area (Å²) in [6.07, 6.45) is 2.42. The van der Waals surface area contributed by atoms with Gasteiger partial charge in [0.2, 0.25) is 5.91 Å². The minimum absolute atomic E-state index is 0.0911. The SMILES string of the molecule is C#CCOc1ccc(-c2cn(C)nc2NC(=O)Cc2ccc(C(F)(F)F)cc2)cc1OC. The number of nitrogens with zero attached hydrogens (tertiary/aromatic N) is 2. The van der Waals surface area contributed by atoms with Gasteiger partial charge in [-0.3, -0.25) is 9.48 Å². The zero-order chi connectivity index (χ0) is 23.3. The van der Waals surface area contributed by atoms with E-state index in [1.165, 1.54) is 23.9 Å². The lowest BCUT2D eigenvalue weighted by Gasteiger charge is -2.11. The highest BCUT2D eigenvalue weighted by Crippen LogP contribution is 2.35. The van der Waals surface area contributed by atoms with Crippen LogP contribution < -0.4 is 14.8 Å². The molecule has 32 heavy (non-hydrogen) atoms. The second kappa shape index (κ2) is 9.47. The van der Waals surface area contributed by atoms with Gasteiger partial charge in [0.1, 0.15) is 6.61 Å². The smallest absolute Gasteiger partial charge is 0.416 e. The molecule has 0 aliphatic carbocycles. The molecule has 9 heteroatoms. The number of ether oxygens (including phenoxy) is 2. The fraction of sp³-hybridized carbons (Fsp3) is 0.217. The molecule has 1 aromatic heterocycles. The number of benzene rings is 2. The van der Waals surface area contributed by atoms with E-state index in [-0.39, 0.29) is 13.0 Å². The fourth-order valence-electron chi connectivity index (χ4n) is 3.04. The predicted molar refractivity (Wildman–Crippen MR) is 113 cm³/mol. The number of amides is 1. The van der Waals surface area contributed by atoms with E-state index in [2.05, 4.69) is 16.3 Å². The Morgan fingerprint density at radius 3 is 2.53 bits per heavy atom. The molecular weight excluding hydrogens is 423 g/mol. The molecule has 3 rings (SSSR count). The number of aryl methyl sites for hydroxylation is 1. The van der Waals surface area contributed by atoms with Crippen molar-refractivity contribution in [2.24, 2.45) is 7.05 Å². The molecule has 0 spiro atoms. The van der Waals surface area contributed by atoms with Crippen LogP contribution in [0.3, 0.4) is 0 Å². The van der Waals surface area contributed by atoms with Crippen molar-refractivity contribution in [1.29, 1.82) is 0 Å². The molecule has 0 aliphatic rings. The number of alkyl halides is 3. The maximum absolute atomic E-state index is 12.7. The van der Waals surface area contributed by atoms with Crippen LogP contribution >= 0.6 is 0 Å². The van der Waals surface area contributed by atoms with Crippen LogP contribution in [-0.4, -0.2) is 29.4 Å². The molecule has 0 bridgehead atoms. The Balaban J connectivity index is 1.78. The summed E-state index contributed by atoms with van der Waals surface area (Å²) >= 11 is 0. The summed E-state index contributed by atoms with van der Waals surface area (Å²) in [6.45, 7) is 0.0911. The third-order valence-corrected chi connectivity index (χ3v) is 4.52. The van der Waals surface area contributed by atoms with Crippen molar-refractivity contribution >= 4 is 11.7 Å². The average Bonchev–Trinajstić information content (AvgIpc) is 3.11. The van der Waals surface area contributed by atoms with Crippen molar-refractivity contribution in [3.63, 3.8) is 0 Å². The number of terminal acetylenes is 1. The second-order valence-corrected chi connectivity index (χ2v) is 6.84. The second-order valence-electron chi connectivity index (χ2n) is 6.84. The molecule has 3 aromatic rings. The van der Waals surface area contributed by atoms with Gasteiger partial charge in [-0.1, -0.05) is 24.1 Å². The molecule has 0 saturated carbocycles. The van der Waals surface area contributed by atoms with Gasteiger partial charge in [0, 0.05) is 18.8 Å². The number of anilines is 1. The van der Waals surface area contributed by atoms with Crippen molar-refractivity contribution in [3.8, 4) is 35.0 Å². The Morgan fingerprint density at radius 2 is 1.91 bits per heavy atom. The Labute approximate surface area is 183 Å². The number of hydrogen-bond acceptors (Lipinski definition) is 4. The number of halogens is 3. The van der Waals surface area contributed by atoms with Gasteiger partial charge in [-0.15, -0.1) is 6.42 Å². The predicted octanol–water partition coefficient (Wildman–Crippen LogP) is 4.31. The normalized spacial score (nSPS) is 11.0. The summed E-state index contributed by atoms with van der Waals surface area (Å²) in [5, 5.41) is 7.00. The number of nitrogens with one attached hydrogen (secondary N) is 1. The number of carbonyl (C=O) groups excluding carboxylic acids is 1. The van der Waals surface area contributed by atoms with Gasteiger partial charge in [0.05, 0.1) is 19.1 Å². The maximum Gasteiger partial charge on any atom is 0.416 e. The molecule has 166 valence electrons. The topological polar surface area (TPSA) is 65.4 Å². The lowest BCUT2D eigenvalue weighted by molar-refractivity contribution is -0.137. The van der Waals surface area contributed by atoms with E-state index in [1.54, 1.807) is 31.4 Å². The Bertz CT molecular complexity index is 1150. The molecule has 1 N–H and O–H groups in total. The van der Waals surface area contributed by atoms with Crippen LogP contribution in [0, 0.1) is 12.3 Å². The van der Waals surface area contributed by atoms with E-state index >= 15 is 0 Å². The van der Waals surface area contributed by atoms with Crippen LogP contribution in [0.1, 0.15) is 11.1 Å². The molecule has 2 aromatic carbocycles. The first-order chi connectivity index (χ1) is 15.2. The first-order valence-electron chi connectivity index (χ1n) is 9.45. The van der Waals surface area contributed by atoms with E-state index < -0.39 is 17.6 Å². The van der Waals surface area contributed by atoms with Crippen LogP contribution in [0.5, 0.6) is 11.5 Å². The van der Waals surface area contributed by atoms with E-state index in [0.29, 0.717) is 34.0 Å². The highest BCUT2D eigenvalue weighted by Gasteiger charge is 2.30. The molecule has 0 aliphatic heterocycles. The van der Waals surface area contributed by atoms with Crippen molar-refractivity contribution in [2.45, 2.75) is 12.6 Å². The van der Waals surface area contributed by atoms with Crippen molar-refractivity contribution in [3.05, 3.63) is 59.8 Å². The zero-order valence-electron chi connectivity index (χ0n) is 17.4. The molecule has 0 fully saturated rings. The van der Waals surface area contributed by atoms with Crippen molar-refractivity contribution in [1.82, 2.24) is 9.78 Å². The van der Waals surface area contributed by atoms with Gasteiger partial charge in [0.25, 0.3) is 0 Å². The highest BCUT2D eigenvalue weighted by atomic mass is 19.4. The monoisotopic (exact) mass is 443 g/mol. The third-order valence-electron chi connectivity index (χ3n) is 4.52. The van der Waals surface area contributed by atoms with Gasteiger partial charge in [-0.05, 0) is 35.4 Å². The summed E-state index contributed by atoms with van der Waals surface area (Å²) in [6, 6.07) is 9.66. The first kappa shape index (κ1) is 22.7.